The third-order valence-electron chi connectivity index (χ3n) is 2.38. The van der Waals surface area contributed by atoms with Crippen LogP contribution in [0.5, 0.6) is 0 Å². The molecule has 19 heavy (non-hydrogen) atoms. The Morgan fingerprint density at radius 2 is 2.00 bits per heavy atom. The number of hydrogen-bond acceptors (Lipinski definition) is 3. The number of rotatable bonds is 6. The lowest BCUT2D eigenvalue weighted by molar-refractivity contribution is 0.420. The van der Waals surface area contributed by atoms with Gasteiger partial charge in [0.2, 0.25) is 10.0 Å². The second-order valence-electron chi connectivity index (χ2n) is 5.07. The minimum atomic E-state index is -3.25. The third-order valence-corrected chi connectivity index (χ3v) is 4.19. The molecule has 0 amide bonds. The standard InChI is InChI=1S/C12H18BrFN2O2S/c1-12(2,16-19(3,17)18)8-15-7-9-5-4-6-10(14)11(9)13/h4-6,15-16H,7-8H2,1-3H3. The smallest absolute Gasteiger partial charge is 0.209 e. The molecule has 2 N–H and O–H groups in total. The lowest BCUT2D eigenvalue weighted by Gasteiger charge is -2.25. The summed E-state index contributed by atoms with van der Waals surface area (Å²) in [6, 6.07) is 4.82. The predicted molar refractivity (Wildman–Crippen MR) is 77.9 cm³/mol. The Labute approximate surface area is 122 Å². The molecule has 0 radical (unpaired) electrons. The van der Waals surface area contributed by atoms with E-state index < -0.39 is 15.6 Å². The van der Waals surface area contributed by atoms with E-state index in [9.17, 15) is 12.8 Å². The van der Waals surface area contributed by atoms with Crippen molar-refractivity contribution >= 4 is 26.0 Å². The Morgan fingerprint density at radius 1 is 1.37 bits per heavy atom. The molecule has 0 saturated carbocycles. The zero-order chi connectivity index (χ0) is 14.7. The van der Waals surface area contributed by atoms with Crippen LogP contribution in [0, 0.1) is 5.82 Å². The topological polar surface area (TPSA) is 58.2 Å². The van der Waals surface area contributed by atoms with Crippen molar-refractivity contribution in [1.29, 1.82) is 0 Å². The van der Waals surface area contributed by atoms with Crippen LogP contribution in [0.3, 0.4) is 0 Å². The van der Waals surface area contributed by atoms with E-state index >= 15 is 0 Å². The SMILES string of the molecule is CC(C)(CNCc1cccc(F)c1Br)NS(C)(=O)=O. The highest BCUT2D eigenvalue weighted by molar-refractivity contribution is 9.10. The number of hydrogen-bond donors (Lipinski definition) is 2. The van der Waals surface area contributed by atoms with Crippen LogP contribution in [0.15, 0.2) is 22.7 Å². The largest absolute Gasteiger partial charge is 0.311 e. The van der Waals surface area contributed by atoms with Crippen molar-refractivity contribution in [2.75, 3.05) is 12.8 Å². The van der Waals surface area contributed by atoms with Gasteiger partial charge in [0.15, 0.2) is 0 Å². The molecule has 0 atom stereocenters. The molecule has 0 aromatic heterocycles. The number of nitrogens with one attached hydrogen (secondary N) is 2. The maximum atomic E-state index is 13.3. The van der Waals surface area contributed by atoms with Gasteiger partial charge < -0.3 is 5.32 Å². The van der Waals surface area contributed by atoms with E-state index in [0.717, 1.165) is 11.8 Å². The zero-order valence-electron chi connectivity index (χ0n) is 11.1. The maximum absolute atomic E-state index is 13.3. The number of benzene rings is 1. The summed E-state index contributed by atoms with van der Waals surface area (Å²) in [7, 11) is -3.25. The van der Waals surface area contributed by atoms with Gasteiger partial charge in [-0.25, -0.2) is 17.5 Å². The first-order valence-corrected chi connectivity index (χ1v) is 8.42. The highest BCUT2D eigenvalue weighted by Gasteiger charge is 2.21. The molecule has 0 aliphatic heterocycles. The lowest BCUT2D eigenvalue weighted by Crippen LogP contribution is -2.49. The second kappa shape index (κ2) is 6.30. The Hall–Kier alpha value is -0.500. The van der Waals surface area contributed by atoms with Crippen molar-refractivity contribution in [3.8, 4) is 0 Å². The molecule has 0 fully saturated rings. The molecule has 4 nitrogen and oxygen atoms in total. The third kappa shape index (κ3) is 5.99. The van der Waals surface area contributed by atoms with Gasteiger partial charge in [0.05, 0.1) is 10.7 Å². The summed E-state index contributed by atoms with van der Waals surface area (Å²) in [5, 5.41) is 3.11. The van der Waals surface area contributed by atoms with Crippen molar-refractivity contribution in [3.63, 3.8) is 0 Å². The van der Waals surface area contributed by atoms with Gasteiger partial charge in [-0.3, -0.25) is 0 Å². The zero-order valence-corrected chi connectivity index (χ0v) is 13.5. The summed E-state index contributed by atoms with van der Waals surface area (Å²) in [6.07, 6.45) is 1.12. The molecule has 0 spiro atoms. The van der Waals surface area contributed by atoms with E-state index in [1.165, 1.54) is 6.07 Å². The Balaban J connectivity index is 2.57. The molecule has 0 aliphatic carbocycles. The molecule has 0 aliphatic rings. The fourth-order valence-corrected chi connectivity index (χ4v) is 3.21. The van der Waals surface area contributed by atoms with E-state index in [1.54, 1.807) is 26.0 Å². The van der Waals surface area contributed by atoms with Crippen LogP contribution in [0.4, 0.5) is 4.39 Å². The van der Waals surface area contributed by atoms with Gasteiger partial charge in [-0.2, -0.15) is 0 Å². The number of sulfonamides is 1. The summed E-state index contributed by atoms with van der Waals surface area (Å²) in [5.41, 5.74) is 0.183. The van der Waals surface area contributed by atoms with Gasteiger partial charge >= 0.3 is 0 Å². The van der Waals surface area contributed by atoms with Crippen molar-refractivity contribution in [2.45, 2.75) is 25.9 Å². The second-order valence-corrected chi connectivity index (χ2v) is 7.62. The van der Waals surface area contributed by atoms with Crippen LogP contribution < -0.4 is 10.0 Å². The summed E-state index contributed by atoms with van der Waals surface area (Å²) in [5.74, 6) is -0.312. The maximum Gasteiger partial charge on any atom is 0.209 e. The molecule has 0 saturated heterocycles. The first-order valence-electron chi connectivity index (χ1n) is 5.73. The van der Waals surface area contributed by atoms with Crippen LogP contribution in [-0.4, -0.2) is 26.8 Å². The Kier molecular flexibility index (Phi) is 5.49. The lowest BCUT2D eigenvalue weighted by atomic mass is 10.1. The van der Waals surface area contributed by atoms with Gasteiger partial charge in [-0.15, -0.1) is 0 Å². The minimum Gasteiger partial charge on any atom is -0.311 e. The van der Waals surface area contributed by atoms with Crippen LogP contribution in [0.1, 0.15) is 19.4 Å². The van der Waals surface area contributed by atoms with Crippen molar-refractivity contribution in [3.05, 3.63) is 34.1 Å². The molecule has 0 bridgehead atoms. The van der Waals surface area contributed by atoms with Crippen LogP contribution in [0.2, 0.25) is 0 Å². The van der Waals surface area contributed by atoms with Gasteiger partial charge in [-0.05, 0) is 41.4 Å². The molecule has 108 valence electrons. The molecular formula is C12H18BrFN2O2S. The van der Waals surface area contributed by atoms with Crippen LogP contribution in [0.25, 0.3) is 0 Å². The highest BCUT2D eigenvalue weighted by Crippen LogP contribution is 2.20. The first-order chi connectivity index (χ1) is 8.61. The summed E-state index contributed by atoms with van der Waals surface area (Å²) < 4.78 is 38.6. The quantitative estimate of drug-likeness (QED) is 0.823. The monoisotopic (exact) mass is 352 g/mol. The fraction of sp³-hybridized carbons (Fsp3) is 0.500. The molecule has 0 heterocycles. The van der Waals surface area contributed by atoms with Crippen molar-refractivity contribution < 1.29 is 12.8 Å². The average molecular weight is 353 g/mol. The van der Waals surface area contributed by atoms with Gasteiger partial charge in [0.1, 0.15) is 5.82 Å². The van der Waals surface area contributed by atoms with E-state index in [-0.39, 0.29) is 5.82 Å². The molecule has 7 heteroatoms. The van der Waals surface area contributed by atoms with Crippen molar-refractivity contribution in [2.24, 2.45) is 0 Å². The number of halogens is 2. The normalized spacial score (nSPS) is 12.7. The Morgan fingerprint density at radius 3 is 2.58 bits per heavy atom. The van der Waals surface area contributed by atoms with Gasteiger partial charge in [0, 0.05) is 18.6 Å². The van der Waals surface area contributed by atoms with Crippen LogP contribution >= 0.6 is 15.9 Å². The molecule has 1 rings (SSSR count). The average Bonchev–Trinajstić information content (AvgIpc) is 2.20. The summed E-state index contributed by atoms with van der Waals surface area (Å²) >= 11 is 3.18. The fourth-order valence-electron chi connectivity index (χ4n) is 1.73. The van der Waals surface area contributed by atoms with Gasteiger partial charge in [0.25, 0.3) is 0 Å². The van der Waals surface area contributed by atoms with Crippen molar-refractivity contribution in [1.82, 2.24) is 10.0 Å². The highest BCUT2D eigenvalue weighted by atomic mass is 79.9. The summed E-state index contributed by atoms with van der Waals surface area (Å²) in [6.45, 7) is 4.44. The van der Waals surface area contributed by atoms with E-state index in [4.69, 9.17) is 0 Å². The van der Waals surface area contributed by atoms with E-state index in [2.05, 4.69) is 26.0 Å². The van der Waals surface area contributed by atoms with E-state index in [1.807, 2.05) is 0 Å². The van der Waals surface area contributed by atoms with Crippen LogP contribution in [-0.2, 0) is 16.6 Å². The minimum absolute atomic E-state index is 0.312. The summed E-state index contributed by atoms with van der Waals surface area (Å²) in [4.78, 5) is 0. The Bertz CT molecular complexity index is 547. The molecule has 1 aromatic rings. The molecule has 1 aromatic carbocycles. The van der Waals surface area contributed by atoms with E-state index in [0.29, 0.717) is 17.6 Å². The van der Waals surface area contributed by atoms with Gasteiger partial charge in [-0.1, -0.05) is 12.1 Å². The molecular weight excluding hydrogens is 335 g/mol. The predicted octanol–water partition coefficient (Wildman–Crippen LogP) is 2.01. The molecule has 0 unspecified atom stereocenters. The first kappa shape index (κ1) is 16.6.